The van der Waals surface area contributed by atoms with E-state index in [1.54, 1.807) is 18.2 Å². The zero-order chi connectivity index (χ0) is 16.3. The maximum absolute atomic E-state index is 10.9. The standard InChI is InChI=1S/C14H13ClN4O2S/c1-8-10(15)3-2-4-12(8)18-14(22)17-9-5-6-11(16)13(7-9)19(20)21/h2-7H,16H2,1H3,(H2,17,18,22). The molecule has 2 aromatic carbocycles. The number of nitrogen functional groups attached to an aromatic ring is 1. The Hall–Kier alpha value is -2.38. The van der Waals surface area contributed by atoms with Gasteiger partial charge in [0, 0.05) is 22.5 Å². The number of nitrogens with one attached hydrogen (secondary N) is 2. The van der Waals surface area contributed by atoms with E-state index >= 15 is 0 Å². The zero-order valence-electron chi connectivity index (χ0n) is 11.6. The molecule has 0 saturated heterocycles. The minimum Gasteiger partial charge on any atom is -0.393 e. The molecule has 0 unspecified atom stereocenters. The molecule has 8 heteroatoms. The average molecular weight is 337 g/mol. The summed E-state index contributed by atoms with van der Waals surface area (Å²) in [5.74, 6) is 0. The van der Waals surface area contributed by atoms with Crippen LogP contribution < -0.4 is 16.4 Å². The monoisotopic (exact) mass is 336 g/mol. The molecule has 0 aliphatic carbocycles. The van der Waals surface area contributed by atoms with Crippen LogP contribution in [0.2, 0.25) is 5.02 Å². The Morgan fingerprint density at radius 1 is 1.32 bits per heavy atom. The van der Waals surface area contributed by atoms with E-state index in [2.05, 4.69) is 10.6 Å². The number of anilines is 3. The summed E-state index contributed by atoms with van der Waals surface area (Å²) in [7, 11) is 0. The fourth-order valence-electron chi connectivity index (χ4n) is 1.81. The van der Waals surface area contributed by atoms with E-state index in [4.69, 9.17) is 29.6 Å². The van der Waals surface area contributed by atoms with Crippen molar-refractivity contribution in [3.63, 3.8) is 0 Å². The second kappa shape index (κ2) is 6.59. The molecule has 0 saturated carbocycles. The maximum Gasteiger partial charge on any atom is 0.294 e. The summed E-state index contributed by atoms with van der Waals surface area (Å²) in [6, 6.07) is 9.81. The Morgan fingerprint density at radius 2 is 2.05 bits per heavy atom. The maximum atomic E-state index is 10.9. The van der Waals surface area contributed by atoms with Gasteiger partial charge in [0.15, 0.2) is 5.11 Å². The summed E-state index contributed by atoms with van der Waals surface area (Å²) < 4.78 is 0. The number of nitrogens with zero attached hydrogens (tertiary/aromatic N) is 1. The number of hydrogen-bond donors (Lipinski definition) is 3. The van der Waals surface area contributed by atoms with Gasteiger partial charge >= 0.3 is 0 Å². The fourth-order valence-corrected chi connectivity index (χ4v) is 2.21. The van der Waals surface area contributed by atoms with Gasteiger partial charge in [0.1, 0.15) is 5.69 Å². The first-order valence-electron chi connectivity index (χ1n) is 6.25. The van der Waals surface area contributed by atoms with Gasteiger partial charge in [0.25, 0.3) is 5.69 Å². The molecule has 0 spiro atoms. The predicted molar refractivity (Wildman–Crippen MR) is 93.5 cm³/mol. The molecule has 0 amide bonds. The molecule has 0 aliphatic rings. The van der Waals surface area contributed by atoms with Crippen molar-refractivity contribution in [3.8, 4) is 0 Å². The number of nitrogens with two attached hydrogens (primary N) is 1. The second-order valence-corrected chi connectivity index (χ2v) is 5.34. The van der Waals surface area contributed by atoms with E-state index in [9.17, 15) is 10.1 Å². The summed E-state index contributed by atoms with van der Waals surface area (Å²) in [5.41, 5.74) is 7.56. The largest absolute Gasteiger partial charge is 0.393 e. The molecule has 4 N–H and O–H groups in total. The lowest BCUT2D eigenvalue weighted by molar-refractivity contribution is -0.383. The molecule has 0 bridgehead atoms. The molecule has 114 valence electrons. The van der Waals surface area contributed by atoms with E-state index in [0.717, 1.165) is 11.3 Å². The molecule has 0 fully saturated rings. The lowest BCUT2D eigenvalue weighted by Gasteiger charge is -2.13. The molecule has 0 aromatic heterocycles. The molecule has 22 heavy (non-hydrogen) atoms. The van der Waals surface area contributed by atoms with E-state index < -0.39 is 4.92 Å². The van der Waals surface area contributed by atoms with Crippen molar-refractivity contribution >= 4 is 51.7 Å². The number of rotatable bonds is 3. The molecular weight excluding hydrogens is 324 g/mol. The lowest BCUT2D eigenvalue weighted by atomic mass is 10.2. The van der Waals surface area contributed by atoms with Gasteiger partial charge in [-0.2, -0.15) is 0 Å². The summed E-state index contributed by atoms with van der Waals surface area (Å²) in [4.78, 5) is 10.3. The number of halogens is 1. The third-order valence-corrected chi connectivity index (χ3v) is 3.61. The van der Waals surface area contributed by atoms with Crippen LogP contribution in [0.15, 0.2) is 36.4 Å². The van der Waals surface area contributed by atoms with Crippen LogP contribution in [0, 0.1) is 17.0 Å². The van der Waals surface area contributed by atoms with Crippen LogP contribution in [0.25, 0.3) is 0 Å². The second-order valence-electron chi connectivity index (χ2n) is 4.52. The zero-order valence-corrected chi connectivity index (χ0v) is 13.2. The molecule has 0 radical (unpaired) electrons. The Kier molecular flexibility index (Phi) is 4.79. The smallest absolute Gasteiger partial charge is 0.294 e. The minimum absolute atomic E-state index is 0.0973. The third-order valence-electron chi connectivity index (χ3n) is 3.00. The van der Waals surface area contributed by atoms with E-state index in [0.29, 0.717) is 15.8 Å². The molecular formula is C14H13ClN4O2S. The van der Waals surface area contributed by atoms with Crippen molar-refractivity contribution in [2.75, 3.05) is 16.4 Å². The first-order chi connectivity index (χ1) is 10.4. The first kappa shape index (κ1) is 16.0. The highest BCUT2D eigenvalue weighted by Crippen LogP contribution is 2.26. The fraction of sp³-hybridized carbons (Fsp3) is 0.0714. The Balaban J connectivity index is 2.14. The normalized spacial score (nSPS) is 10.1. The van der Waals surface area contributed by atoms with Crippen molar-refractivity contribution in [2.45, 2.75) is 6.92 Å². The number of nitro groups is 1. The quantitative estimate of drug-likeness (QED) is 0.340. The van der Waals surface area contributed by atoms with Crippen molar-refractivity contribution in [3.05, 3.63) is 57.1 Å². The van der Waals surface area contributed by atoms with Gasteiger partial charge in [-0.05, 0) is 49.0 Å². The molecule has 0 atom stereocenters. The summed E-state index contributed by atoms with van der Waals surface area (Å²) in [6.45, 7) is 1.86. The van der Waals surface area contributed by atoms with Crippen LogP contribution in [0.3, 0.4) is 0 Å². The van der Waals surface area contributed by atoms with Gasteiger partial charge in [-0.15, -0.1) is 0 Å². The summed E-state index contributed by atoms with van der Waals surface area (Å²) in [5, 5.41) is 17.7. The van der Waals surface area contributed by atoms with E-state index in [1.807, 2.05) is 13.0 Å². The van der Waals surface area contributed by atoms with Gasteiger partial charge in [-0.1, -0.05) is 17.7 Å². The lowest BCUT2D eigenvalue weighted by Crippen LogP contribution is -2.19. The number of hydrogen-bond acceptors (Lipinski definition) is 4. The SMILES string of the molecule is Cc1c(Cl)cccc1NC(=S)Nc1ccc(N)c([N+](=O)[O-])c1. The van der Waals surface area contributed by atoms with Crippen molar-refractivity contribution in [1.82, 2.24) is 0 Å². The average Bonchev–Trinajstić information content (AvgIpc) is 2.45. The molecule has 6 nitrogen and oxygen atoms in total. The summed E-state index contributed by atoms with van der Waals surface area (Å²) in [6.07, 6.45) is 0. The number of thiocarbonyl (C=S) groups is 1. The molecule has 0 heterocycles. The van der Waals surface area contributed by atoms with E-state index in [-0.39, 0.29) is 11.4 Å². The first-order valence-corrected chi connectivity index (χ1v) is 7.04. The minimum atomic E-state index is -0.544. The Bertz CT molecular complexity index is 752. The van der Waals surface area contributed by atoms with Gasteiger partial charge in [-0.3, -0.25) is 10.1 Å². The van der Waals surface area contributed by atoms with Gasteiger partial charge in [0.2, 0.25) is 0 Å². The molecule has 0 aliphatic heterocycles. The van der Waals surface area contributed by atoms with Gasteiger partial charge in [0.05, 0.1) is 4.92 Å². The third kappa shape index (κ3) is 3.63. The molecule has 2 rings (SSSR count). The topological polar surface area (TPSA) is 93.2 Å². The van der Waals surface area contributed by atoms with Crippen LogP contribution >= 0.6 is 23.8 Å². The highest BCUT2D eigenvalue weighted by Gasteiger charge is 2.12. The van der Waals surface area contributed by atoms with Crippen molar-refractivity contribution < 1.29 is 4.92 Å². The van der Waals surface area contributed by atoms with Crippen LogP contribution in [0.4, 0.5) is 22.7 Å². The van der Waals surface area contributed by atoms with Crippen molar-refractivity contribution in [2.24, 2.45) is 0 Å². The highest BCUT2D eigenvalue weighted by molar-refractivity contribution is 7.80. The van der Waals surface area contributed by atoms with Crippen LogP contribution in [0.5, 0.6) is 0 Å². The Morgan fingerprint density at radius 3 is 2.73 bits per heavy atom. The summed E-state index contributed by atoms with van der Waals surface area (Å²) >= 11 is 11.2. The van der Waals surface area contributed by atoms with Crippen LogP contribution in [-0.2, 0) is 0 Å². The predicted octanol–water partition coefficient (Wildman–Crippen LogP) is 3.95. The van der Waals surface area contributed by atoms with Gasteiger partial charge in [-0.25, -0.2) is 0 Å². The highest BCUT2D eigenvalue weighted by atomic mass is 35.5. The van der Waals surface area contributed by atoms with Crippen LogP contribution in [0.1, 0.15) is 5.56 Å². The number of nitro benzene ring substituents is 1. The van der Waals surface area contributed by atoms with E-state index in [1.165, 1.54) is 12.1 Å². The van der Waals surface area contributed by atoms with Crippen LogP contribution in [-0.4, -0.2) is 10.0 Å². The number of benzene rings is 2. The Labute approximate surface area is 137 Å². The van der Waals surface area contributed by atoms with Crippen molar-refractivity contribution in [1.29, 1.82) is 0 Å². The molecule has 2 aromatic rings. The van der Waals surface area contributed by atoms with Gasteiger partial charge < -0.3 is 16.4 Å².